The molecule has 1 atom stereocenters. The molecule has 0 saturated carbocycles. The largest absolute Gasteiger partial charge is 0.325 e. The molecule has 1 amide bonds. The molecule has 0 spiro atoms. The van der Waals surface area contributed by atoms with Crippen molar-refractivity contribution in [3.63, 3.8) is 0 Å². The second kappa shape index (κ2) is 6.89. The van der Waals surface area contributed by atoms with E-state index in [2.05, 4.69) is 17.4 Å². The van der Waals surface area contributed by atoms with Crippen LogP contribution in [0.5, 0.6) is 0 Å². The van der Waals surface area contributed by atoms with Gasteiger partial charge in [-0.25, -0.2) is 0 Å². The average Bonchev–Trinajstić information content (AvgIpc) is 3.08. The maximum Gasteiger partial charge on any atom is 0.281 e. The standard InChI is InChI=1S/C20H25N3O3S/c1-22(2)27(25,26)23-12-4-6-16(13-23)20(24)21-18-11-10-15-9-8-14-5-3-7-17(18)19(14)15/h3,5,7,10-11,16H,4,6,8-9,12-13H2,1-2H3,(H,21,24)/t16-/m0/s1. The summed E-state index contributed by atoms with van der Waals surface area (Å²) in [5.74, 6) is -0.441. The van der Waals surface area contributed by atoms with Crippen LogP contribution in [0.25, 0.3) is 10.8 Å². The van der Waals surface area contributed by atoms with Gasteiger partial charge >= 0.3 is 0 Å². The minimum atomic E-state index is -3.49. The summed E-state index contributed by atoms with van der Waals surface area (Å²) in [4.78, 5) is 12.9. The quantitative estimate of drug-likeness (QED) is 0.876. The number of nitrogens with one attached hydrogen (secondary N) is 1. The molecule has 1 aliphatic carbocycles. The zero-order valence-electron chi connectivity index (χ0n) is 15.7. The third kappa shape index (κ3) is 3.24. The van der Waals surface area contributed by atoms with Gasteiger partial charge in [-0.3, -0.25) is 4.79 Å². The summed E-state index contributed by atoms with van der Waals surface area (Å²) >= 11 is 0. The van der Waals surface area contributed by atoms with E-state index in [1.165, 1.54) is 39.2 Å². The fourth-order valence-electron chi connectivity index (χ4n) is 4.19. The molecule has 0 aromatic heterocycles. The molecule has 1 saturated heterocycles. The van der Waals surface area contributed by atoms with Crippen molar-refractivity contribution < 1.29 is 13.2 Å². The third-order valence-corrected chi connectivity index (χ3v) is 7.58. The molecule has 6 nitrogen and oxygen atoms in total. The highest BCUT2D eigenvalue weighted by Gasteiger charge is 2.33. The number of hydrogen-bond acceptors (Lipinski definition) is 3. The van der Waals surface area contributed by atoms with Crippen LogP contribution >= 0.6 is 0 Å². The van der Waals surface area contributed by atoms with Crippen LogP contribution in [0.1, 0.15) is 24.0 Å². The van der Waals surface area contributed by atoms with Crippen molar-refractivity contribution in [1.82, 2.24) is 8.61 Å². The van der Waals surface area contributed by atoms with E-state index >= 15 is 0 Å². The first-order chi connectivity index (χ1) is 12.9. The molecule has 1 aliphatic heterocycles. The van der Waals surface area contributed by atoms with Gasteiger partial charge in [0.2, 0.25) is 5.91 Å². The fraction of sp³-hybridized carbons (Fsp3) is 0.450. The van der Waals surface area contributed by atoms with Gasteiger partial charge in [-0.2, -0.15) is 17.0 Å². The molecule has 0 radical (unpaired) electrons. The van der Waals surface area contributed by atoms with Crippen molar-refractivity contribution in [2.45, 2.75) is 25.7 Å². The molecule has 2 aliphatic rings. The summed E-state index contributed by atoms with van der Waals surface area (Å²) in [5, 5.41) is 5.40. The average molecular weight is 388 g/mol. The number of carbonyl (C=O) groups excluding carboxylic acids is 1. The molecule has 27 heavy (non-hydrogen) atoms. The Balaban J connectivity index is 1.56. The zero-order chi connectivity index (χ0) is 19.2. The maximum absolute atomic E-state index is 12.9. The number of piperidine rings is 1. The Morgan fingerprint density at radius 3 is 2.63 bits per heavy atom. The molecule has 2 aromatic rings. The number of amides is 1. The molecule has 2 aromatic carbocycles. The van der Waals surface area contributed by atoms with Gasteiger partial charge in [0.05, 0.1) is 5.92 Å². The molecular formula is C20H25N3O3S. The Morgan fingerprint density at radius 2 is 1.89 bits per heavy atom. The zero-order valence-corrected chi connectivity index (χ0v) is 16.6. The molecule has 144 valence electrons. The van der Waals surface area contributed by atoms with E-state index < -0.39 is 10.2 Å². The summed E-state index contributed by atoms with van der Waals surface area (Å²) in [7, 11) is -0.451. The monoisotopic (exact) mass is 387 g/mol. The van der Waals surface area contributed by atoms with Gasteiger partial charge in [-0.05, 0) is 48.3 Å². The molecule has 1 N–H and O–H groups in total. The predicted molar refractivity (Wildman–Crippen MR) is 107 cm³/mol. The lowest BCUT2D eigenvalue weighted by molar-refractivity contribution is -0.120. The van der Waals surface area contributed by atoms with E-state index in [4.69, 9.17) is 0 Å². The van der Waals surface area contributed by atoms with Crippen LogP contribution < -0.4 is 5.32 Å². The Bertz CT molecular complexity index is 991. The van der Waals surface area contributed by atoms with Crippen LogP contribution in [-0.2, 0) is 27.8 Å². The van der Waals surface area contributed by atoms with Crippen molar-refractivity contribution in [1.29, 1.82) is 0 Å². The number of benzene rings is 2. The first-order valence-corrected chi connectivity index (χ1v) is 10.8. The van der Waals surface area contributed by atoms with E-state index in [1.54, 1.807) is 0 Å². The Morgan fingerprint density at radius 1 is 1.15 bits per heavy atom. The topological polar surface area (TPSA) is 69.7 Å². The molecule has 7 heteroatoms. The van der Waals surface area contributed by atoms with E-state index in [0.29, 0.717) is 19.4 Å². The van der Waals surface area contributed by atoms with Gasteiger partial charge in [0, 0.05) is 38.3 Å². The SMILES string of the molecule is CN(C)S(=O)(=O)N1CCC[C@H](C(=O)Nc2ccc3c4c(cccc24)CC3)C1. The van der Waals surface area contributed by atoms with E-state index in [1.807, 2.05) is 18.2 Å². The van der Waals surface area contributed by atoms with E-state index in [-0.39, 0.29) is 18.4 Å². The summed E-state index contributed by atoms with van der Waals surface area (Å²) in [6.45, 7) is 0.693. The van der Waals surface area contributed by atoms with E-state index in [9.17, 15) is 13.2 Å². The third-order valence-electron chi connectivity index (χ3n) is 5.68. The minimum Gasteiger partial charge on any atom is -0.325 e. The van der Waals surface area contributed by atoms with Gasteiger partial charge in [0.1, 0.15) is 0 Å². The number of rotatable bonds is 4. The van der Waals surface area contributed by atoms with Crippen LogP contribution in [0.15, 0.2) is 30.3 Å². The Labute approximate surface area is 160 Å². The van der Waals surface area contributed by atoms with Gasteiger partial charge in [0.25, 0.3) is 10.2 Å². The summed E-state index contributed by atoms with van der Waals surface area (Å²) in [6, 6.07) is 10.3. The smallest absolute Gasteiger partial charge is 0.281 e. The normalized spacial score (nSPS) is 20.3. The van der Waals surface area contributed by atoms with Gasteiger partial charge in [0.15, 0.2) is 0 Å². The van der Waals surface area contributed by atoms with Gasteiger partial charge in [-0.15, -0.1) is 0 Å². The minimum absolute atomic E-state index is 0.104. The number of carbonyl (C=O) groups is 1. The van der Waals surface area contributed by atoms with Crippen LogP contribution in [-0.4, -0.2) is 50.1 Å². The van der Waals surface area contributed by atoms with Crippen LogP contribution in [0.4, 0.5) is 5.69 Å². The highest BCUT2D eigenvalue weighted by atomic mass is 32.2. The lowest BCUT2D eigenvalue weighted by atomic mass is 9.98. The van der Waals surface area contributed by atoms with E-state index in [0.717, 1.165) is 23.9 Å². The second-order valence-electron chi connectivity index (χ2n) is 7.59. The van der Waals surface area contributed by atoms with Crippen LogP contribution in [0.3, 0.4) is 0 Å². The summed E-state index contributed by atoms with van der Waals surface area (Å²) in [6.07, 6.45) is 3.48. The molecule has 4 rings (SSSR count). The highest BCUT2D eigenvalue weighted by molar-refractivity contribution is 7.86. The molecule has 0 unspecified atom stereocenters. The number of hydrogen-bond donors (Lipinski definition) is 1. The first-order valence-electron chi connectivity index (χ1n) is 9.40. The van der Waals surface area contributed by atoms with Crippen LogP contribution in [0.2, 0.25) is 0 Å². The van der Waals surface area contributed by atoms with Crippen LogP contribution in [0, 0.1) is 5.92 Å². The highest BCUT2D eigenvalue weighted by Crippen LogP contribution is 2.35. The number of anilines is 1. The van der Waals surface area contributed by atoms with Crippen molar-refractivity contribution >= 4 is 32.6 Å². The van der Waals surface area contributed by atoms with Gasteiger partial charge < -0.3 is 5.32 Å². The first kappa shape index (κ1) is 18.4. The number of nitrogens with zero attached hydrogens (tertiary/aromatic N) is 2. The van der Waals surface area contributed by atoms with Crippen molar-refractivity contribution in [2.75, 3.05) is 32.5 Å². The predicted octanol–water partition coefficient (Wildman–Crippen LogP) is 2.40. The summed E-state index contributed by atoms with van der Waals surface area (Å²) in [5.41, 5.74) is 3.48. The molecule has 1 heterocycles. The molecular weight excluding hydrogens is 362 g/mol. The van der Waals surface area contributed by atoms with Gasteiger partial charge in [-0.1, -0.05) is 24.3 Å². The summed E-state index contributed by atoms with van der Waals surface area (Å²) < 4.78 is 27.4. The van der Waals surface area contributed by atoms with Crippen molar-refractivity contribution in [2.24, 2.45) is 5.92 Å². The lowest BCUT2D eigenvalue weighted by Gasteiger charge is -2.32. The lowest BCUT2D eigenvalue weighted by Crippen LogP contribution is -2.47. The number of aryl methyl sites for hydroxylation is 2. The Hall–Kier alpha value is -1.96. The maximum atomic E-state index is 12.9. The fourth-order valence-corrected chi connectivity index (χ4v) is 5.38. The van der Waals surface area contributed by atoms with Crippen molar-refractivity contribution in [3.8, 4) is 0 Å². The second-order valence-corrected chi connectivity index (χ2v) is 9.73. The molecule has 0 bridgehead atoms. The molecule has 1 fully saturated rings. The Kier molecular flexibility index (Phi) is 4.70. The van der Waals surface area contributed by atoms with Crippen molar-refractivity contribution in [3.05, 3.63) is 41.5 Å².